The molecule has 0 N–H and O–H groups in total. The lowest BCUT2D eigenvalue weighted by molar-refractivity contribution is 0.451. The van der Waals surface area contributed by atoms with Crippen LogP contribution in [0.1, 0.15) is 43.7 Å². The Morgan fingerprint density at radius 1 is 0.800 bits per heavy atom. The van der Waals surface area contributed by atoms with Crippen LogP contribution in [0.25, 0.3) is 10.8 Å². The molecule has 0 amide bonds. The Kier molecular flexibility index (Phi) is 6.58. The van der Waals surface area contributed by atoms with Crippen molar-refractivity contribution < 1.29 is 0 Å². The average molecular weight is 349 g/mol. The van der Waals surface area contributed by atoms with Gasteiger partial charge in [-0.1, -0.05) is 86.8 Å². The van der Waals surface area contributed by atoms with Gasteiger partial charge in [-0.05, 0) is 53.1 Å². The average Bonchev–Trinajstić information content (AvgIpc) is 2.63. The predicted molar refractivity (Wildman–Crippen MR) is 113 cm³/mol. The van der Waals surface area contributed by atoms with E-state index < -0.39 is 0 Å². The molecule has 0 nitrogen and oxygen atoms in total. The Hall–Kier alpha value is -1.73. The van der Waals surface area contributed by atoms with E-state index >= 15 is 0 Å². The van der Waals surface area contributed by atoms with E-state index in [1.807, 2.05) is 0 Å². The first-order valence-electron chi connectivity index (χ1n) is 9.51. The topological polar surface area (TPSA) is 0 Å². The Morgan fingerprint density at radius 3 is 2.36 bits per heavy atom. The number of unbranched alkanes of at least 4 members (excludes halogenated alkanes) is 2. The molecule has 3 aromatic carbocycles. The quantitative estimate of drug-likeness (QED) is 0.325. The normalized spacial score (nSPS) is 12.4. The minimum absolute atomic E-state index is 0.681. The van der Waals surface area contributed by atoms with Gasteiger partial charge in [-0.25, -0.2) is 0 Å². The van der Waals surface area contributed by atoms with Crippen molar-refractivity contribution in [1.82, 2.24) is 0 Å². The van der Waals surface area contributed by atoms with Gasteiger partial charge in [0, 0.05) is 4.90 Å². The van der Waals surface area contributed by atoms with E-state index in [0.29, 0.717) is 5.92 Å². The molecule has 1 unspecified atom stereocenters. The summed E-state index contributed by atoms with van der Waals surface area (Å²) >= 11 is 4.66. The third-order valence-electron chi connectivity index (χ3n) is 5.05. The number of benzene rings is 3. The van der Waals surface area contributed by atoms with Gasteiger partial charge < -0.3 is 0 Å². The third kappa shape index (κ3) is 5.12. The van der Waals surface area contributed by atoms with Crippen molar-refractivity contribution in [2.24, 2.45) is 5.92 Å². The summed E-state index contributed by atoms with van der Waals surface area (Å²) in [5.41, 5.74) is 2.84. The summed E-state index contributed by atoms with van der Waals surface area (Å²) in [5, 5.41) is 2.68. The van der Waals surface area contributed by atoms with E-state index in [1.165, 1.54) is 47.6 Å². The molecule has 0 radical (unpaired) electrons. The van der Waals surface area contributed by atoms with Gasteiger partial charge in [-0.3, -0.25) is 0 Å². The van der Waals surface area contributed by atoms with Crippen molar-refractivity contribution in [2.45, 2.75) is 50.3 Å². The predicted octanol–water partition coefficient (Wildman–Crippen LogP) is 7.11. The van der Waals surface area contributed by atoms with Crippen LogP contribution in [-0.2, 0) is 12.8 Å². The van der Waals surface area contributed by atoms with Crippen LogP contribution in [0.3, 0.4) is 0 Å². The highest BCUT2D eigenvalue weighted by molar-refractivity contribution is 7.80. The van der Waals surface area contributed by atoms with Crippen molar-refractivity contribution in [3.05, 3.63) is 77.9 Å². The molecule has 3 rings (SSSR count). The lowest BCUT2D eigenvalue weighted by Gasteiger charge is -2.18. The number of hydrogen-bond acceptors (Lipinski definition) is 1. The second kappa shape index (κ2) is 9.10. The van der Waals surface area contributed by atoms with Crippen molar-refractivity contribution in [3.63, 3.8) is 0 Å². The fraction of sp³-hybridized carbons (Fsp3) is 0.333. The van der Waals surface area contributed by atoms with Crippen LogP contribution in [0, 0.1) is 5.92 Å². The molecule has 0 aliphatic heterocycles. The van der Waals surface area contributed by atoms with E-state index in [0.717, 1.165) is 17.7 Å². The molecule has 0 aliphatic rings. The smallest absolute Gasteiger partial charge is 0.00721 e. The van der Waals surface area contributed by atoms with Crippen LogP contribution in [0.2, 0.25) is 0 Å². The second-order valence-electron chi connectivity index (χ2n) is 7.08. The van der Waals surface area contributed by atoms with Gasteiger partial charge in [0.05, 0.1) is 0 Å². The van der Waals surface area contributed by atoms with E-state index in [4.69, 9.17) is 0 Å². The van der Waals surface area contributed by atoms with Crippen LogP contribution in [-0.4, -0.2) is 0 Å². The summed E-state index contributed by atoms with van der Waals surface area (Å²) in [7, 11) is 0. The highest BCUT2D eigenvalue weighted by Crippen LogP contribution is 2.25. The number of thiol groups is 1. The molecule has 1 heteroatoms. The summed E-state index contributed by atoms with van der Waals surface area (Å²) < 4.78 is 0. The maximum Gasteiger partial charge on any atom is 0.00721 e. The van der Waals surface area contributed by atoms with E-state index in [1.54, 1.807) is 0 Å². The zero-order valence-electron chi connectivity index (χ0n) is 15.1. The van der Waals surface area contributed by atoms with E-state index in [2.05, 4.69) is 86.3 Å². The molecule has 1 atom stereocenters. The van der Waals surface area contributed by atoms with Gasteiger partial charge in [-0.2, -0.15) is 0 Å². The van der Waals surface area contributed by atoms with Crippen LogP contribution in [0.5, 0.6) is 0 Å². The zero-order valence-corrected chi connectivity index (χ0v) is 16.0. The monoisotopic (exact) mass is 348 g/mol. The van der Waals surface area contributed by atoms with Crippen molar-refractivity contribution >= 4 is 23.4 Å². The molecule has 0 heterocycles. The van der Waals surface area contributed by atoms with Crippen molar-refractivity contribution in [2.75, 3.05) is 0 Å². The SMILES string of the molecule is CCCCCC(Cc1ccc2ccccc2c1)Cc1ccccc1S. The molecule has 0 aromatic heterocycles. The number of rotatable bonds is 8. The van der Waals surface area contributed by atoms with E-state index in [-0.39, 0.29) is 0 Å². The van der Waals surface area contributed by atoms with Crippen LogP contribution >= 0.6 is 12.6 Å². The summed E-state index contributed by atoms with van der Waals surface area (Å²) in [6, 6.07) is 24.1. The summed E-state index contributed by atoms with van der Waals surface area (Å²) in [6.07, 6.45) is 7.50. The molecule has 130 valence electrons. The largest absolute Gasteiger partial charge is 0.143 e. The van der Waals surface area contributed by atoms with Gasteiger partial charge in [0.25, 0.3) is 0 Å². The fourth-order valence-corrected chi connectivity index (χ4v) is 3.90. The molecule has 0 bridgehead atoms. The van der Waals surface area contributed by atoms with E-state index in [9.17, 15) is 0 Å². The molecule has 3 aromatic rings. The Morgan fingerprint density at radius 2 is 1.56 bits per heavy atom. The minimum Gasteiger partial charge on any atom is -0.143 e. The molecule has 0 fully saturated rings. The Bertz CT molecular complexity index is 806. The first kappa shape index (κ1) is 18.1. The molecule has 0 saturated heterocycles. The third-order valence-corrected chi connectivity index (χ3v) is 5.49. The highest BCUT2D eigenvalue weighted by atomic mass is 32.1. The van der Waals surface area contributed by atoms with Crippen molar-refractivity contribution in [3.8, 4) is 0 Å². The maximum atomic E-state index is 4.66. The molecule has 25 heavy (non-hydrogen) atoms. The lowest BCUT2D eigenvalue weighted by atomic mass is 9.87. The maximum absolute atomic E-state index is 4.66. The molecule has 0 spiro atoms. The highest BCUT2D eigenvalue weighted by Gasteiger charge is 2.12. The van der Waals surface area contributed by atoms with Gasteiger partial charge in [0.15, 0.2) is 0 Å². The van der Waals surface area contributed by atoms with Gasteiger partial charge in [0.2, 0.25) is 0 Å². The Balaban J connectivity index is 1.76. The first-order valence-corrected chi connectivity index (χ1v) is 9.95. The first-order chi connectivity index (χ1) is 12.3. The van der Waals surface area contributed by atoms with Crippen molar-refractivity contribution in [1.29, 1.82) is 0 Å². The second-order valence-corrected chi connectivity index (χ2v) is 7.56. The minimum atomic E-state index is 0.681. The lowest BCUT2D eigenvalue weighted by Crippen LogP contribution is -2.09. The number of fused-ring (bicyclic) bond motifs is 1. The van der Waals surface area contributed by atoms with Gasteiger partial charge >= 0.3 is 0 Å². The summed E-state index contributed by atoms with van der Waals surface area (Å²) in [4.78, 5) is 1.13. The standard InChI is InChI=1S/C24H28S/c1-2-3-4-9-19(18-23-12-7-8-13-24(23)25)16-20-14-15-21-10-5-6-11-22(21)17-20/h5-8,10-15,17,19,25H,2-4,9,16,18H2,1H3. The zero-order chi connectivity index (χ0) is 17.5. The van der Waals surface area contributed by atoms with Crippen LogP contribution < -0.4 is 0 Å². The van der Waals surface area contributed by atoms with Crippen LogP contribution in [0.15, 0.2) is 71.6 Å². The van der Waals surface area contributed by atoms with Crippen LogP contribution in [0.4, 0.5) is 0 Å². The molecular formula is C24H28S. The summed E-state index contributed by atoms with van der Waals surface area (Å²) in [6.45, 7) is 2.28. The van der Waals surface area contributed by atoms with Gasteiger partial charge in [-0.15, -0.1) is 12.6 Å². The molecule has 0 saturated carbocycles. The Labute approximate surface area is 157 Å². The number of hydrogen-bond donors (Lipinski definition) is 1. The fourth-order valence-electron chi connectivity index (χ4n) is 3.65. The molecular weight excluding hydrogens is 320 g/mol. The van der Waals surface area contributed by atoms with Gasteiger partial charge in [0.1, 0.15) is 0 Å². The summed E-state index contributed by atoms with van der Waals surface area (Å²) in [5.74, 6) is 0.681. The molecule has 0 aliphatic carbocycles.